The van der Waals surface area contributed by atoms with Crippen LogP contribution in [-0.2, 0) is 4.74 Å². The zero-order valence-corrected chi connectivity index (χ0v) is 16.2. The molecule has 0 saturated carbocycles. The van der Waals surface area contributed by atoms with Crippen LogP contribution in [0.15, 0.2) is 48.0 Å². The number of methoxy groups -OCH3 is 2. The zero-order valence-electron chi connectivity index (χ0n) is 15.4. The smallest absolute Gasteiger partial charge is 0.345 e. The molecule has 0 unspecified atom stereocenters. The Morgan fingerprint density at radius 2 is 1.86 bits per heavy atom. The number of rotatable bonds is 6. The fraction of sp³-hybridized carbons (Fsp3) is 0.105. The van der Waals surface area contributed by atoms with E-state index in [2.05, 4.69) is 15.6 Å². The minimum atomic E-state index is -0.671. The Hall–Kier alpha value is -3.66. The molecule has 1 aromatic heterocycles. The van der Waals surface area contributed by atoms with Gasteiger partial charge in [0.25, 0.3) is 0 Å². The number of hydrogen-bond donors (Lipinski definition) is 2. The summed E-state index contributed by atoms with van der Waals surface area (Å²) in [4.78, 5) is 28.3. The Morgan fingerprint density at radius 1 is 1.07 bits per heavy atom. The number of amides is 2. The number of benzene rings is 2. The van der Waals surface area contributed by atoms with Gasteiger partial charge in [0.2, 0.25) is 0 Å². The summed E-state index contributed by atoms with van der Waals surface area (Å²) in [7, 11) is 2.63. The lowest BCUT2D eigenvalue weighted by Crippen LogP contribution is -2.19. The maximum absolute atomic E-state index is 13.8. The number of halogens is 1. The lowest BCUT2D eigenvalue weighted by atomic mass is 10.1. The summed E-state index contributed by atoms with van der Waals surface area (Å²) in [6.07, 6.45) is 1.54. The standard InChI is InChI=1S/C19H16FN3O5S/c1-26-14-4-3-5-15(16(14)17(24)27-2)28-13-7-6-11(20)10-12(13)22-18(25)23-19-21-8-9-29-19/h3-10H,1-2H3,(H2,21,22,23,25). The summed E-state index contributed by atoms with van der Waals surface area (Å²) in [5.74, 6) is -0.783. The monoisotopic (exact) mass is 417 g/mol. The zero-order chi connectivity index (χ0) is 20.8. The van der Waals surface area contributed by atoms with Gasteiger partial charge in [-0.25, -0.2) is 19.0 Å². The molecule has 3 aromatic rings. The number of anilines is 2. The largest absolute Gasteiger partial charge is 0.496 e. The van der Waals surface area contributed by atoms with Gasteiger partial charge in [-0.2, -0.15) is 0 Å². The maximum atomic E-state index is 13.8. The fourth-order valence-corrected chi connectivity index (χ4v) is 2.94. The SMILES string of the molecule is COC(=O)c1c(OC)cccc1Oc1ccc(F)cc1NC(=O)Nc1nccs1. The Balaban J connectivity index is 1.90. The quantitative estimate of drug-likeness (QED) is 0.573. The van der Waals surface area contributed by atoms with Crippen LogP contribution in [0.4, 0.5) is 20.0 Å². The molecule has 29 heavy (non-hydrogen) atoms. The van der Waals surface area contributed by atoms with Gasteiger partial charge in [-0.15, -0.1) is 11.3 Å². The normalized spacial score (nSPS) is 10.2. The summed E-state index contributed by atoms with van der Waals surface area (Å²) < 4.78 is 29.5. The first-order valence-corrected chi connectivity index (χ1v) is 9.10. The molecule has 150 valence electrons. The summed E-state index contributed by atoms with van der Waals surface area (Å²) >= 11 is 1.23. The lowest BCUT2D eigenvalue weighted by Gasteiger charge is -2.16. The van der Waals surface area contributed by atoms with E-state index in [1.165, 1.54) is 43.9 Å². The molecule has 0 spiro atoms. The van der Waals surface area contributed by atoms with Gasteiger partial charge in [0, 0.05) is 17.6 Å². The van der Waals surface area contributed by atoms with Gasteiger partial charge >= 0.3 is 12.0 Å². The van der Waals surface area contributed by atoms with Crippen LogP contribution in [0, 0.1) is 5.82 Å². The second-order valence-corrected chi connectivity index (χ2v) is 6.38. The van der Waals surface area contributed by atoms with E-state index < -0.39 is 17.8 Å². The predicted octanol–water partition coefficient (Wildman–Crippen LogP) is 4.51. The van der Waals surface area contributed by atoms with E-state index in [4.69, 9.17) is 14.2 Å². The number of carbonyl (C=O) groups excluding carboxylic acids is 2. The Bertz CT molecular complexity index is 1030. The second kappa shape index (κ2) is 9.02. The van der Waals surface area contributed by atoms with Gasteiger partial charge in [-0.05, 0) is 24.3 Å². The van der Waals surface area contributed by atoms with E-state index in [-0.39, 0.29) is 28.5 Å². The topological polar surface area (TPSA) is 98.8 Å². The highest BCUT2D eigenvalue weighted by Crippen LogP contribution is 2.36. The van der Waals surface area contributed by atoms with Gasteiger partial charge in [0.05, 0.1) is 19.9 Å². The number of nitrogens with zero attached hydrogens (tertiary/aromatic N) is 1. The van der Waals surface area contributed by atoms with Crippen LogP contribution in [0.3, 0.4) is 0 Å². The molecule has 0 radical (unpaired) electrons. The van der Waals surface area contributed by atoms with Crippen LogP contribution < -0.4 is 20.1 Å². The van der Waals surface area contributed by atoms with Crippen LogP contribution in [0.25, 0.3) is 0 Å². The average Bonchev–Trinajstić information content (AvgIpc) is 3.22. The third-order valence-electron chi connectivity index (χ3n) is 3.66. The minimum Gasteiger partial charge on any atom is -0.496 e. The van der Waals surface area contributed by atoms with Crippen molar-refractivity contribution in [2.75, 3.05) is 24.9 Å². The molecule has 0 bridgehead atoms. The maximum Gasteiger partial charge on any atom is 0.345 e. The van der Waals surface area contributed by atoms with Gasteiger partial charge in [0.15, 0.2) is 10.9 Å². The van der Waals surface area contributed by atoms with E-state index in [0.29, 0.717) is 5.13 Å². The first-order valence-electron chi connectivity index (χ1n) is 8.22. The van der Waals surface area contributed by atoms with Crippen molar-refractivity contribution in [3.63, 3.8) is 0 Å². The van der Waals surface area contributed by atoms with Crippen molar-refractivity contribution >= 4 is 34.2 Å². The van der Waals surface area contributed by atoms with Crippen LogP contribution >= 0.6 is 11.3 Å². The van der Waals surface area contributed by atoms with Crippen molar-refractivity contribution in [3.05, 3.63) is 59.4 Å². The molecule has 0 fully saturated rings. The number of ether oxygens (including phenoxy) is 3. The second-order valence-electron chi connectivity index (χ2n) is 5.48. The van der Waals surface area contributed by atoms with Gasteiger partial charge < -0.3 is 19.5 Å². The van der Waals surface area contributed by atoms with E-state index in [1.807, 2.05) is 0 Å². The molecule has 0 aliphatic heterocycles. The number of esters is 1. The number of aromatic nitrogens is 1. The van der Waals surface area contributed by atoms with Crippen molar-refractivity contribution in [2.45, 2.75) is 0 Å². The Labute approximate surface area is 169 Å². The molecule has 10 heteroatoms. The first-order chi connectivity index (χ1) is 14.0. The molecule has 3 rings (SSSR count). The van der Waals surface area contributed by atoms with E-state index >= 15 is 0 Å². The van der Waals surface area contributed by atoms with Crippen molar-refractivity contribution in [1.29, 1.82) is 0 Å². The van der Waals surface area contributed by atoms with Crippen LogP contribution in [0.1, 0.15) is 10.4 Å². The fourth-order valence-electron chi connectivity index (χ4n) is 2.41. The average molecular weight is 417 g/mol. The third-order valence-corrected chi connectivity index (χ3v) is 4.35. The third kappa shape index (κ3) is 4.79. The number of thiazole rings is 1. The van der Waals surface area contributed by atoms with Crippen molar-refractivity contribution in [2.24, 2.45) is 0 Å². The Kier molecular flexibility index (Phi) is 6.25. The first kappa shape index (κ1) is 20.1. The molecule has 2 amide bonds. The number of nitrogens with one attached hydrogen (secondary N) is 2. The molecule has 1 heterocycles. The van der Waals surface area contributed by atoms with Gasteiger partial charge in [-0.1, -0.05) is 6.07 Å². The van der Waals surface area contributed by atoms with Crippen LogP contribution in [-0.4, -0.2) is 31.2 Å². The number of urea groups is 1. The molecule has 0 aliphatic rings. The van der Waals surface area contributed by atoms with Gasteiger partial charge in [0.1, 0.15) is 22.9 Å². The summed E-state index contributed by atoms with van der Waals surface area (Å²) in [5, 5.41) is 7.10. The van der Waals surface area contributed by atoms with Crippen molar-refractivity contribution < 1.29 is 28.2 Å². The van der Waals surface area contributed by atoms with E-state index in [1.54, 1.807) is 17.5 Å². The number of carbonyl (C=O) groups is 2. The Morgan fingerprint density at radius 3 is 2.55 bits per heavy atom. The molecule has 0 aliphatic carbocycles. The highest BCUT2D eigenvalue weighted by Gasteiger charge is 2.21. The van der Waals surface area contributed by atoms with E-state index in [0.717, 1.165) is 12.1 Å². The summed E-state index contributed by atoms with van der Waals surface area (Å²) in [6.45, 7) is 0. The van der Waals surface area contributed by atoms with Crippen LogP contribution in [0.5, 0.6) is 17.2 Å². The van der Waals surface area contributed by atoms with Gasteiger partial charge in [-0.3, -0.25) is 5.32 Å². The summed E-state index contributed by atoms with van der Waals surface area (Å²) in [6, 6.07) is 7.67. The van der Waals surface area contributed by atoms with Crippen molar-refractivity contribution in [3.8, 4) is 17.2 Å². The molecular formula is C19H16FN3O5S. The highest BCUT2D eigenvalue weighted by molar-refractivity contribution is 7.13. The molecule has 0 saturated heterocycles. The molecule has 2 aromatic carbocycles. The molecule has 2 N–H and O–H groups in total. The predicted molar refractivity (Wildman–Crippen MR) is 106 cm³/mol. The summed E-state index contributed by atoms with van der Waals surface area (Å²) in [5.41, 5.74) is 0.109. The van der Waals surface area contributed by atoms with Crippen LogP contribution in [0.2, 0.25) is 0 Å². The van der Waals surface area contributed by atoms with E-state index in [9.17, 15) is 14.0 Å². The molecular weight excluding hydrogens is 401 g/mol. The highest BCUT2D eigenvalue weighted by atomic mass is 32.1. The minimum absolute atomic E-state index is 0.0534. The lowest BCUT2D eigenvalue weighted by molar-refractivity contribution is 0.0594. The number of hydrogen-bond acceptors (Lipinski definition) is 7. The van der Waals surface area contributed by atoms with Crippen molar-refractivity contribution in [1.82, 2.24) is 4.98 Å². The molecule has 8 nitrogen and oxygen atoms in total. The molecule has 0 atom stereocenters.